The van der Waals surface area contributed by atoms with E-state index in [1.165, 1.54) is 11.5 Å². The van der Waals surface area contributed by atoms with Crippen LogP contribution in [0.4, 0.5) is 5.69 Å². The van der Waals surface area contributed by atoms with Crippen molar-refractivity contribution in [2.75, 3.05) is 7.05 Å². The Morgan fingerprint density at radius 2 is 2.07 bits per heavy atom. The largest absolute Gasteiger partial charge is 0.443 e. The van der Waals surface area contributed by atoms with Crippen LogP contribution in [0.1, 0.15) is 49.1 Å². The summed E-state index contributed by atoms with van der Waals surface area (Å²) >= 11 is 7.63. The van der Waals surface area contributed by atoms with E-state index in [9.17, 15) is 5.26 Å². The minimum Gasteiger partial charge on any atom is -0.443 e. The summed E-state index contributed by atoms with van der Waals surface area (Å²) in [6.45, 7) is 8.20. The molecule has 1 aromatic carbocycles. The van der Waals surface area contributed by atoms with Crippen LogP contribution in [0, 0.1) is 25.2 Å². The molecule has 2 aromatic rings. The molecule has 7 heteroatoms. The molecule has 1 heterocycles. The minimum atomic E-state index is -0.477. The first-order valence-electron chi connectivity index (χ1n) is 8.89. The van der Waals surface area contributed by atoms with E-state index in [4.69, 9.17) is 16.3 Å². The average molecular weight is 403 g/mol. The van der Waals surface area contributed by atoms with Gasteiger partial charge in [-0.1, -0.05) is 0 Å². The maximum atomic E-state index is 9.55. The fourth-order valence-corrected chi connectivity index (χ4v) is 3.59. The number of hydrogen-bond acceptors (Lipinski definition) is 5. The first-order chi connectivity index (χ1) is 12.7. The van der Waals surface area contributed by atoms with Gasteiger partial charge in [0.15, 0.2) is 0 Å². The van der Waals surface area contributed by atoms with E-state index in [1.807, 2.05) is 39.4 Å². The first-order valence-corrected chi connectivity index (χ1v) is 10.0. The molecular weight excluding hydrogens is 380 g/mol. The summed E-state index contributed by atoms with van der Waals surface area (Å²) in [4.78, 5) is 6.16. The molecule has 1 saturated carbocycles. The van der Waals surface area contributed by atoms with Crippen molar-refractivity contribution in [2.45, 2.75) is 51.5 Å². The van der Waals surface area contributed by atoms with Crippen LogP contribution in [0.3, 0.4) is 0 Å². The number of aliphatic imine (C=N–C) groups is 1. The summed E-state index contributed by atoms with van der Waals surface area (Å²) in [7, 11) is 2.00. The molecule has 3 rings (SSSR count). The van der Waals surface area contributed by atoms with Crippen LogP contribution in [-0.2, 0) is 4.87 Å². The smallest absolute Gasteiger partial charge is 0.218 e. The SMILES string of the molecule is Cc1cc(Oc2snc(C3(Cl)CC3)c2C#N)c(C)cc1N=CN(C)C(C)C. The van der Waals surface area contributed by atoms with Gasteiger partial charge in [-0.15, -0.1) is 11.6 Å². The average Bonchev–Trinajstić information content (AvgIpc) is 3.23. The van der Waals surface area contributed by atoms with Gasteiger partial charge in [0.25, 0.3) is 0 Å². The Labute approximate surface area is 169 Å². The van der Waals surface area contributed by atoms with Crippen molar-refractivity contribution in [2.24, 2.45) is 4.99 Å². The highest BCUT2D eigenvalue weighted by Crippen LogP contribution is 2.54. The maximum absolute atomic E-state index is 9.55. The van der Waals surface area contributed by atoms with Crippen molar-refractivity contribution in [3.05, 3.63) is 34.5 Å². The fraction of sp³-hybridized carbons (Fsp3) is 0.450. The number of alkyl halides is 1. The van der Waals surface area contributed by atoms with Gasteiger partial charge in [0.1, 0.15) is 17.4 Å². The monoisotopic (exact) mass is 402 g/mol. The second-order valence-electron chi connectivity index (χ2n) is 7.28. The Kier molecular flexibility index (Phi) is 5.45. The molecule has 1 fully saturated rings. The molecule has 0 spiro atoms. The van der Waals surface area contributed by atoms with Crippen molar-refractivity contribution in [1.82, 2.24) is 9.27 Å². The number of benzene rings is 1. The zero-order valence-electron chi connectivity index (χ0n) is 16.2. The molecule has 0 aliphatic heterocycles. The number of aromatic nitrogens is 1. The molecule has 1 aliphatic rings. The maximum Gasteiger partial charge on any atom is 0.218 e. The van der Waals surface area contributed by atoms with Gasteiger partial charge in [-0.2, -0.15) is 9.64 Å². The summed E-state index contributed by atoms with van der Waals surface area (Å²) in [6, 6.07) is 6.54. The van der Waals surface area contributed by atoms with Gasteiger partial charge in [0.05, 0.1) is 22.6 Å². The fourth-order valence-electron chi connectivity index (χ4n) is 2.51. The Morgan fingerprint density at radius 3 is 2.67 bits per heavy atom. The lowest BCUT2D eigenvalue weighted by atomic mass is 10.1. The standard InChI is InChI=1S/C20H23ClN4OS/c1-12(2)25(5)11-23-16-8-14(4)17(9-13(16)3)26-19-15(10-22)18(24-27-19)20(21)6-7-20/h8-9,11-12H,6-7H2,1-5H3. The third kappa shape index (κ3) is 4.10. The van der Waals surface area contributed by atoms with Crippen molar-refractivity contribution in [3.8, 4) is 16.9 Å². The van der Waals surface area contributed by atoms with Crippen LogP contribution in [0.5, 0.6) is 10.8 Å². The second kappa shape index (κ2) is 7.49. The van der Waals surface area contributed by atoms with E-state index in [2.05, 4.69) is 34.2 Å². The van der Waals surface area contributed by atoms with E-state index in [1.54, 1.807) is 0 Å². The minimum absolute atomic E-state index is 0.388. The molecule has 0 bridgehead atoms. The number of halogens is 1. The van der Waals surface area contributed by atoms with Crippen LogP contribution in [-0.4, -0.2) is 28.7 Å². The Hall–Kier alpha value is -2.10. The Balaban J connectivity index is 1.86. The number of rotatable bonds is 6. The molecule has 0 unspecified atom stereocenters. The summed E-state index contributed by atoms with van der Waals surface area (Å²) in [5.41, 5.74) is 3.95. The van der Waals surface area contributed by atoms with Crippen LogP contribution >= 0.6 is 23.1 Å². The third-order valence-electron chi connectivity index (χ3n) is 4.78. The summed E-state index contributed by atoms with van der Waals surface area (Å²) in [5, 5.41) is 10.0. The Morgan fingerprint density at radius 1 is 1.37 bits per heavy atom. The Bertz CT molecular complexity index is 925. The van der Waals surface area contributed by atoms with Gasteiger partial charge in [-0.3, -0.25) is 0 Å². The lowest BCUT2D eigenvalue weighted by Gasteiger charge is -2.17. The zero-order chi connectivity index (χ0) is 19.8. The predicted octanol–water partition coefficient (Wildman–Crippen LogP) is 5.65. The summed E-state index contributed by atoms with van der Waals surface area (Å²) in [6.07, 6.45) is 3.54. The highest BCUT2D eigenvalue weighted by Gasteiger charge is 2.47. The van der Waals surface area contributed by atoms with Crippen molar-refractivity contribution >= 4 is 35.2 Å². The second-order valence-corrected chi connectivity index (χ2v) is 8.74. The number of ether oxygens (including phenoxy) is 1. The van der Waals surface area contributed by atoms with Gasteiger partial charge in [0.2, 0.25) is 5.06 Å². The molecule has 5 nitrogen and oxygen atoms in total. The molecule has 27 heavy (non-hydrogen) atoms. The van der Waals surface area contributed by atoms with Crippen LogP contribution in [0.15, 0.2) is 17.1 Å². The van der Waals surface area contributed by atoms with Crippen LogP contribution < -0.4 is 4.74 Å². The molecule has 1 aromatic heterocycles. The molecule has 0 N–H and O–H groups in total. The molecule has 0 amide bonds. The van der Waals surface area contributed by atoms with Gasteiger partial charge in [0, 0.05) is 24.6 Å². The van der Waals surface area contributed by atoms with Gasteiger partial charge < -0.3 is 9.64 Å². The number of nitriles is 1. The summed E-state index contributed by atoms with van der Waals surface area (Å²) < 4.78 is 10.4. The molecule has 0 saturated heterocycles. The molecular formula is C20H23ClN4OS. The van der Waals surface area contributed by atoms with Gasteiger partial charge >= 0.3 is 0 Å². The number of hydrogen-bond donors (Lipinski definition) is 0. The molecule has 0 radical (unpaired) electrons. The topological polar surface area (TPSA) is 61.5 Å². The van der Waals surface area contributed by atoms with Gasteiger partial charge in [-0.25, -0.2) is 4.99 Å². The van der Waals surface area contributed by atoms with E-state index in [0.29, 0.717) is 28.1 Å². The summed E-state index contributed by atoms with van der Waals surface area (Å²) in [5.74, 6) is 0.704. The van der Waals surface area contributed by atoms with Crippen molar-refractivity contribution < 1.29 is 4.74 Å². The van der Waals surface area contributed by atoms with Crippen molar-refractivity contribution in [3.63, 3.8) is 0 Å². The highest BCUT2D eigenvalue weighted by molar-refractivity contribution is 7.08. The molecule has 1 aliphatic carbocycles. The number of nitrogens with zero attached hydrogens (tertiary/aromatic N) is 4. The number of aryl methyl sites for hydroxylation is 2. The third-order valence-corrected chi connectivity index (χ3v) is 6.06. The highest BCUT2D eigenvalue weighted by atomic mass is 35.5. The van der Waals surface area contributed by atoms with Gasteiger partial charge in [-0.05, 0) is 63.8 Å². The van der Waals surface area contributed by atoms with E-state index < -0.39 is 4.87 Å². The molecule has 0 atom stereocenters. The lowest BCUT2D eigenvalue weighted by Crippen LogP contribution is -2.24. The zero-order valence-corrected chi connectivity index (χ0v) is 17.8. The van der Waals surface area contributed by atoms with E-state index in [0.717, 1.165) is 29.7 Å². The van der Waals surface area contributed by atoms with Crippen LogP contribution in [0.2, 0.25) is 0 Å². The lowest BCUT2D eigenvalue weighted by molar-refractivity contribution is 0.429. The predicted molar refractivity (Wildman–Crippen MR) is 111 cm³/mol. The quantitative estimate of drug-likeness (QED) is 0.355. The van der Waals surface area contributed by atoms with Crippen molar-refractivity contribution in [1.29, 1.82) is 5.26 Å². The van der Waals surface area contributed by atoms with E-state index in [-0.39, 0.29) is 0 Å². The normalized spacial score (nSPS) is 15.2. The first kappa shape index (κ1) is 19.7. The van der Waals surface area contributed by atoms with Crippen LogP contribution in [0.25, 0.3) is 0 Å². The molecule has 142 valence electrons. The van der Waals surface area contributed by atoms with E-state index >= 15 is 0 Å².